The van der Waals surface area contributed by atoms with E-state index in [1.807, 2.05) is 30.3 Å². The van der Waals surface area contributed by atoms with Crippen molar-refractivity contribution in [1.82, 2.24) is 10.2 Å². The fourth-order valence-electron chi connectivity index (χ4n) is 2.59. The normalized spacial score (nSPS) is 19.0. The second-order valence-electron chi connectivity index (χ2n) is 5.84. The highest BCUT2D eigenvalue weighted by atomic mass is 16.6. The van der Waals surface area contributed by atoms with Crippen molar-refractivity contribution < 1.29 is 19.4 Å². The summed E-state index contributed by atoms with van der Waals surface area (Å²) >= 11 is 0. The van der Waals surface area contributed by atoms with Crippen molar-refractivity contribution in [2.75, 3.05) is 13.1 Å². The lowest BCUT2D eigenvalue weighted by Crippen LogP contribution is -2.52. The van der Waals surface area contributed by atoms with Crippen molar-refractivity contribution in [2.45, 2.75) is 44.9 Å². The van der Waals surface area contributed by atoms with E-state index in [0.29, 0.717) is 13.0 Å². The summed E-state index contributed by atoms with van der Waals surface area (Å²) in [6.45, 7) is 2.49. The number of benzene rings is 1. The molecule has 6 nitrogen and oxygen atoms in total. The van der Waals surface area contributed by atoms with E-state index >= 15 is 0 Å². The smallest absolute Gasteiger partial charge is 0.410 e. The van der Waals surface area contributed by atoms with E-state index in [1.54, 1.807) is 6.92 Å². The number of rotatable bonds is 5. The summed E-state index contributed by atoms with van der Waals surface area (Å²) in [6.07, 6.45) is 1.30. The number of ether oxygens (including phenoxy) is 1. The molecule has 1 unspecified atom stereocenters. The zero-order valence-corrected chi connectivity index (χ0v) is 13.4. The third-order valence-electron chi connectivity index (χ3n) is 3.82. The average Bonchev–Trinajstić information content (AvgIpc) is 2.58. The van der Waals surface area contributed by atoms with Crippen molar-refractivity contribution >= 4 is 12.0 Å². The number of hydrogen-bond donors (Lipinski definition) is 2. The summed E-state index contributed by atoms with van der Waals surface area (Å²) in [5.41, 5.74) is 0.910. The van der Waals surface area contributed by atoms with Crippen LogP contribution in [0.1, 0.15) is 31.7 Å². The van der Waals surface area contributed by atoms with Gasteiger partial charge in [-0.1, -0.05) is 30.3 Å². The first-order chi connectivity index (χ1) is 11.1. The molecule has 1 fully saturated rings. The summed E-state index contributed by atoms with van der Waals surface area (Å²) in [6, 6.07) is 8.92. The van der Waals surface area contributed by atoms with Crippen LogP contribution in [0, 0.1) is 0 Å². The van der Waals surface area contributed by atoms with Crippen molar-refractivity contribution in [3.8, 4) is 0 Å². The van der Waals surface area contributed by atoms with Crippen LogP contribution in [0.3, 0.4) is 0 Å². The molecule has 0 radical (unpaired) electrons. The molecule has 0 spiro atoms. The lowest BCUT2D eigenvalue weighted by atomic mass is 10.0. The molecule has 2 amide bonds. The molecule has 0 aliphatic carbocycles. The first-order valence-electron chi connectivity index (χ1n) is 8.01. The number of nitrogens with zero attached hydrogens (tertiary/aromatic N) is 1. The van der Waals surface area contributed by atoms with E-state index in [4.69, 9.17) is 4.74 Å². The van der Waals surface area contributed by atoms with Gasteiger partial charge in [0, 0.05) is 13.1 Å². The quantitative estimate of drug-likeness (QED) is 0.865. The van der Waals surface area contributed by atoms with Gasteiger partial charge in [0.15, 0.2) is 0 Å². The largest absolute Gasteiger partial charge is 0.445 e. The number of carbonyl (C=O) groups is 2. The second kappa shape index (κ2) is 8.53. The van der Waals surface area contributed by atoms with Crippen LogP contribution < -0.4 is 5.32 Å². The number of carbonyl (C=O) groups excluding carboxylic acids is 2. The minimum Gasteiger partial charge on any atom is -0.445 e. The fraction of sp³-hybridized carbons (Fsp3) is 0.529. The van der Waals surface area contributed by atoms with E-state index in [2.05, 4.69) is 5.32 Å². The highest BCUT2D eigenvalue weighted by Crippen LogP contribution is 2.18. The number of likely N-dealkylation sites (tertiary alicyclic amines) is 1. The van der Waals surface area contributed by atoms with Gasteiger partial charge in [-0.2, -0.15) is 0 Å². The van der Waals surface area contributed by atoms with Gasteiger partial charge >= 0.3 is 6.09 Å². The van der Waals surface area contributed by atoms with Gasteiger partial charge in [0.05, 0.1) is 6.10 Å². The molecule has 126 valence electrons. The summed E-state index contributed by atoms with van der Waals surface area (Å²) in [4.78, 5) is 26.0. The number of hydrogen-bond acceptors (Lipinski definition) is 4. The number of amides is 2. The van der Waals surface area contributed by atoms with E-state index in [9.17, 15) is 14.7 Å². The van der Waals surface area contributed by atoms with E-state index < -0.39 is 18.2 Å². The average molecular weight is 320 g/mol. The molecule has 2 atom stereocenters. The number of nitrogens with one attached hydrogen (secondary N) is 1. The maximum absolute atomic E-state index is 12.3. The van der Waals surface area contributed by atoms with Crippen LogP contribution in [0.2, 0.25) is 0 Å². The molecule has 0 bridgehead atoms. The van der Waals surface area contributed by atoms with Gasteiger partial charge in [-0.25, -0.2) is 4.79 Å². The topological polar surface area (TPSA) is 78.9 Å². The molecule has 6 heteroatoms. The Morgan fingerprint density at radius 2 is 2.09 bits per heavy atom. The van der Waals surface area contributed by atoms with Gasteiger partial charge < -0.3 is 15.2 Å². The maximum Gasteiger partial charge on any atom is 0.410 e. The number of aliphatic hydroxyl groups is 1. The molecule has 1 saturated heterocycles. The molecule has 1 aromatic rings. The monoisotopic (exact) mass is 320 g/mol. The molecule has 2 N–H and O–H groups in total. The van der Waals surface area contributed by atoms with Gasteiger partial charge in [0.25, 0.3) is 0 Å². The summed E-state index contributed by atoms with van der Waals surface area (Å²) in [5, 5.41) is 11.9. The van der Waals surface area contributed by atoms with Gasteiger partial charge in [-0.3, -0.25) is 9.69 Å². The molecule has 0 aromatic heterocycles. The molecule has 1 aliphatic rings. The first kappa shape index (κ1) is 17.3. The Morgan fingerprint density at radius 3 is 2.78 bits per heavy atom. The molecule has 2 rings (SSSR count). The van der Waals surface area contributed by atoms with E-state index in [-0.39, 0.29) is 19.1 Å². The van der Waals surface area contributed by atoms with Crippen LogP contribution in [-0.2, 0) is 16.1 Å². The van der Waals surface area contributed by atoms with Crippen LogP contribution in [0.4, 0.5) is 4.79 Å². The third-order valence-corrected chi connectivity index (χ3v) is 3.82. The Bertz CT molecular complexity index is 519. The summed E-state index contributed by atoms with van der Waals surface area (Å²) in [7, 11) is 0. The third kappa shape index (κ3) is 5.25. The molecule has 0 saturated carbocycles. The van der Waals surface area contributed by atoms with Gasteiger partial charge in [-0.15, -0.1) is 0 Å². The Hall–Kier alpha value is -2.08. The minimum atomic E-state index is -0.610. The molecule has 1 aliphatic heterocycles. The second-order valence-corrected chi connectivity index (χ2v) is 5.84. The highest BCUT2D eigenvalue weighted by Gasteiger charge is 2.33. The number of piperidine rings is 1. The van der Waals surface area contributed by atoms with Crippen LogP contribution in [0.5, 0.6) is 0 Å². The Morgan fingerprint density at radius 1 is 1.35 bits per heavy atom. The van der Waals surface area contributed by atoms with Crippen molar-refractivity contribution in [3.05, 3.63) is 35.9 Å². The Kier molecular flexibility index (Phi) is 6.40. The number of aliphatic hydroxyl groups excluding tert-OH is 1. The predicted molar refractivity (Wildman–Crippen MR) is 85.7 cm³/mol. The standard InChI is InChI=1S/C17H24N2O4/c1-13(20)11-18-16(21)15-9-5-6-10-19(15)17(22)23-12-14-7-3-2-4-8-14/h2-4,7-8,13,15,20H,5-6,9-12H2,1H3,(H,18,21)/t13?,15-/m0/s1. The lowest BCUT2D eigenvalue weighted by Gasteiger charge is -2.33. The molecule has 23 heavy (non-hydrogen) atoms. The van der Waals surface area contributed by atoms with Crippen LogP contribution >= 0.6 is 0 Å². The van der Waals surface area contributed by atoms with Crippen molar-refractivity contribution in [1.29, 1.82) is 0 Å². The molecule has 1 aromatic carbocycles. The highest BCUT2D eigenvalue weighted by molar-refractivity contribution is 5.85. The SMILES string of the molecule is CC(O)CNC(=O)[C@@H]1CCCCN1C(=O)OCc1ccccc1. The van der Waals surface area contributed by atoms with Gasteiger partial charge in [-0.05, 0) is 31.7 Å². The molecular weight excluding hydrogens is 296 g/mol. The lowest BCUT2D eigenvalue weighted by molar-refractivity contribution is -0.127. The van der Waals surface area contributed by atoms with Crippen molar-refractivity contribution in [2.24, 2.45) is 0 Å². The Labute approximate surface area is 136 Å². The van der Waals surface area contributed by atoms with Crippen LogP contribution in [-0.4, -0.2) is 47.2 Å². The van der Waals surface area contributed by atoms with Crippen LogP contribution in [0.15, 0.2) is 30.3 Å². The zero-order valence-electron chi connectivity index (χ0n) is 13.4. The predicted octanol–water partition coefficient (Wildman–Crippen LogP) is 1.67. The van der Waals surface area contributed by atoms with E-state index in [0.717, 1.165) is 18.4 Å². The molecular formula is C17H24N2O4. The minimum absolute atomic E-state index is 0.183. The first-order valence-corrected chi connectivity index (χ1v) is 8.01. The molecule has 1 heterocycles. The Balaban J connectivity index is 1.91. The summed E-state index contributed by atoms with van der Waals surface area (Å²) < 4.78 is 5.33. The summed E-state index contributed by atoms with van der Waals surface area (Å²) in [5.74, 6) is -0.234. The fourth-order valence-corrected chi connectivity index (χ4v) is 2.59. The van der Waals surface area contributed by atoms with Gasteiger partial charge in [0.2, 0.25) is 5.91 Å². The maximum atomic E-state index is 12.3. The zero-order chi connectivity index (χ0) is 16.7. The van der Waals surface area contributed by atoms with Gasteiger partial charge in [0.1, 0.15) is 12.6 Å². The van der Waals surface area contributed by atoms with Crippen LogP contribution in [0.25, 0.3) is 0 Å². The van der Waals surface area contributed by atoms with Crippen molar-refractivity contribution in [3.63, 3.8) is 0 Å². The van der Waals surface area contributed by atoms with E-state index in [1.165, 1.54) is 4.90 Å².